The number of hydrogen-bond acceptors (Lipinski definition) is 3. The molecule has 1 aliphatic rings. The molecule has 1 saturated heterocycles. The number of rotatable bonds is 2. The van der Waals surface area contributed by atoms with Gasteiger partial charge in [0.15, 0.2) is 0 Å². The predicted octanol–water partition coefficient (Wildman–Crippen LogP) is 0.601. The number of piperazine rings is 1. The Bertz CT molecular complexity index is 431. The summed E-state index contributed by atoms with van der Waals surface area (Å²) in [5.74, 6) is -0.100. The fourth-order valence-corrected chi connectivity index (χ4v) is 2.11. The van der Waals surface area contributed by atoms with Crippen molar-refractivity contribution in [2.24, 2.45) is 0 Å². The van der Waals surface area contributed by atoms with Gasteiger partial charge in [0, 0.05) is 18.8 Å². The molecule has 1 aromatic carbocycles. The zero-order valence-electron chi connectivity index (χ0n) is 10.2. The molecule has 17 heavy (non-hydrogen) atoms. The Morgan fingerprint density at radius 2 is 2.18 bits per heavy atom. The second-order valence-electron chi connectivity index (χ2n) is 4.45. The molecule has 1 unspecified atom stereocenters. The number of carbonyl (C=O) groups excluding carboxylic acids is 1. The van der Waals surface area contributed by atoms with Crippen molar-refractivity contribution in [2.45, 2.75) is 19.9 Å². The average Bonchev–Trinajstić information content (AvgIpc) is 2.32. The molecule has 2 N–H and O–H groups in total. The van der Waals surface area contributed by atoms with E-state index in [1.54, 1.807) is 0 Å². The molecule has 1 heterocycles. The minimum absolute atomic E-state index is 0.100. The number of nitrogens with zero attached hydrogens (tertiary/aromatic N) is 1. The average molecular weight is 234 g/mol. The van der Waals surface area contributed by atoms with Crippen LogP contribution in [0.3, 0.4) is 0 Å². The molecular weight excluding hydrogens is 216 g/mol. The maximum Gasteiger partial charge on any atom is 0.245 e. The van der Waals surface area contributed by atoms with Crippen LogP contribution in [-0.2, 0) is 4.79 Å². The third kappa shape index (κ3) is 2.26. The first-order valence-corrected chi connectivity index (χ1v) is 5.86. The molecule has 0 radical (unpaired) electrons. The molecule has 0 saturated carbocycles. The van der Waals surface area contributed by atoms with Gasteiger partial charge in [0.1, 0.15) is 6.04 Å². The minimum atomic E-state index is -0.467. The second kappa shape index (κ2) is 4.75. The summed E-state index contributed by atoms with van der Waals surface area (Å²) < 4.78 is 0. The normalized spacial score (nSPS) is 20.3. The lowest BCUT2D eigenvalue weighted by atomic mass is 10.1. The van der Waals surface area contributed by atoms with Crippen LogP contribution in [0.2, 0.25) is 0 Å². The zero-order chi connectivity index (χ0) is 12.4. The highest BCUT2D eigenvalue weighted by Crippen LogP contribution is 2.21. The highest BCUT2D eigenvalue weighted by atomic mass is 16.3. The van der Waals surface area contributed by atoms with Crippen LogP contribution in [-0.4, -0.2) is 36.8 Å². The van der Waals surface area contributed by atoms with Crippen molar-refractivity contribution in [3.05, 3.63) is 29.3 Å². The van der Waals surface area contributed by atoms with Gasteiger partial charge in [-0.25, -0.2) is 0 Å². The van der Waals surface area contributed by atoms with Crippen LogP contribution >= 0.6 is 0 Å². The molecule has 4 nitrogen and oxygen atoms in total. The summed E-state index contributed by atoms with van der Waals surface area (Å²) in [6, 6.07) is 5.65. The molecule has 0 spiro atoms. The molecule has 1 amide bonds. The fraction of sp³-hybridized carbons (Fsp3) is 0.462. The fourth-order valence-electron chi connectivity index (χ4n) is 2.11. The van der Waals surface area contributed by atoms with E-state index in [0.29, 0.717) is 6.54 Å². The van der Waals surface area contributed by atoms with Crippen molar-refractivity contribution in [2.75, 3.05) is 24.6 Å². The maximum atomic E-state index is 11.6. The first-order chi connectivity index (χ1) is 8.13. The highest BCUT2D eigenvalue weighted by molar-refractivity contribution is 5.86. The summed E-state index contributed by atoms with van der Waals surface area (Å²) in [5.41, 5.74) is 3.43. The van der Waals surface area contributed by atoms with Gasteiger partial charge in [-0.15, -0.1) is 0 Å². The lowest BCUT2D eigenvalue weighted by molar-refractivity contribution is -0.124. The molecule has 1 atom stereocenters. The van der Waals surface area contributed by atoms with E-state index in [2.05, 4.69) is 25.2 Å². The zero-order valence-corrected chi connectivity index (χ0v) is 10.2. The molecule has 0 bridgehead atoms. The van der Waals surface area contributed by atoms with Crippen LogP contribution < -0.4 is 10.2 Å². The van der Waals surface area contributed by atoms with E-state index in [0.717, 1.165) is 12.2 Å². The predicted molar refractivity (Wildman–Crippen MR) is 67.1 cm³/mol. The van der Waals surface area contributed by atoms with Crippen molar-refractivity contribution in [1.82, 2.24) is 5.32 Å². The number of amides is 1. The minimum Gasteiger partial charge on any atom is -0.394 e. The molecule has 1 aliphatic heterocycles. The number of nitrogens with one attached hydrogen (secondary N) is 1. The van der Waals surface area contributed by atoms with Gasteiger partial charge in [0.05, 0.1) is 6.61 Å². The van der Waals surface area contributed by atoms with Gasteiger partial charge in [0.2, 0.25) is 5.91 Å². The number of carbonyl (C=O) groups is 1. The topological polar surface area (TPSA) is 52.6 Å². The Kier molecular flexibility index (Phi) is 3.33. The van der Waals surface area contributed by atoms with Gasteiger partial charge in [-0.1, -0.05) is 6.07 Å². The van der Waals surface area contributed by atoms with Gasteiger partial charge in [-0.3, -0.25) is 4.79 Å². The first-order valence-electron chi connectivity index (χ1n) is 5.86. The van der Waals surface area contributed by atoms with Crippen LogP contribution in [0.1, 0.15) is 11.1 Å². The summed E-state index contributed by atoms with van der Waals surface area (Å²) in [5, 5.41) is 12.1. The van der Waals surface area contributed by atoms with E-state index < -0.39 is 6.04 Å². The molecule has 4 heteroatoms. The number of hydrogen-bond donors (Lipinski definition) is 2. The Morgan fingerprint density at radius 3 is 2.82 bits per heavy atom. The number of benzene rings is 1. The van der Waals surface area contributed by atoms with E-state index in [1.807, 2.05) is 17.0 Å². The van der Waals surface area contributed by atoms with E-state index in [4.69, 9.17) is 0 Å². The first kappa shape index (κ1) is 11.9. The molecule has 0 aromatic heterocycles. The van der Waals surface area contributed by atoms with E-state index >= 15 is 0 Å². The third-order valence-corrected chi connectivity index (χ3v) is 3.33. The molecule has 2 rings (SSSR count). The Morgan fingerprint density at radius 1 is 1.41 bits per heavy atom. The van der Waals surface area contributed by atoms with Crippen molar-refractivity contribution < 1.29 is 9.90 Å². The molecular formula is C13H18N2O2. The number of anilines is 1. The van der Waals surface area contributed by atoms with Crippen molar-refractivity contribution in [3.63, 3.8) is 0 Å². The van der Waals surface area contributed by atoms with Crippen LogP contribution in [0.5, 0.6) is 0 Å². The van der Waals surface area contributed by atoms with Gasteiger partial charge in [0.25, 0.3) is 0 Å². The second-order valence-corrected chi connectivity index (χ2v) is 4.45. The maximum absolute atomic E-state index is 11.6. The quantitative estimate of drug-likeness (QED) is 0.788. The van der Waals surface area contributed by atoms with Crippen LogP contribution in [0.15, 0.2) is 18.2 Å². The molecule has 1 fully saturated rings. The standard InChI is InChI=1S/C13H18N2O2/c1-9-3-4-11(7-10(9)2)15-6-5-14-13(17)12(15)8-16/h3-4,7,12,16H,5-6,8H2,1-2H3,(H,14,17). The highest BCUT2D eigenvalue weighted by Gasteiger charge is 2.29. The summed E-state index contributed by atoms with van der Waals surface area (Å²) >= 11 is 0. The Hall–Kier alpha value is -1.55. The van der Waals surface area contributed by atoms with E-state index in [-0.39, 0.29) is 12.5 Å². The van der Waals surface area contributed by atoms with Gasteiger partial charge in [-0.05, 0) is 37.1 Å². The SMILES string of the molecule is Cc1ccc(N2CCNC(=O)C2CO)cc1C. The van der Waals surface area contributed by atoms with Crippen molar-refractivity contribution >= 4 is 11.6 Å². The lowest BCUT2D eigenvalue weighted by Crippen LogP contribution is -2.57. The van der Waals surface area contributed by atoms with Gasteiger partial charge in [-0.2, -0.15) is 0 Å². The van der Waals surface area contributed by atoms with E-state index in [1.165, 1.54) is 11.1 Å². The third-order valence-electron chi connectivity index (χ3n) is 3.33. The number of aliphatic hydroxyl groups excluding tert-OH is 1. The molecule has 1 aromatic rings. The monoisotopic (exact) mass is 234 g/mol. The largest absolute Gasteiger partial charge is 0.394 e. The van der Waals surface area contributed by atoms with Crippen molar-refractivity contribution in [3.8, 4) is 0 Å². The van der Waals surface area contributed by atoms with E-state index in [9.17, 15) is 9.90 Å². The van der Waals surface area contributed by atoms with Gasteiger partial charge < -0.3 is 15.3 Å². The molecule has 92 valence electrons. The van der Waals surface area contributed by atoms with Gasteiger partial charge >= 0.3 is 0 Å². The summed E-state index contributed by atoms with van der Waals surface area (Å²) in [7, 11) is 0. The summed E-state index contributed by atoms with van der Waals surface area (Å²) in [6.07, 6.45) is 0. The Balaban J connectivity index is 2.30. The van der Waals surface area contributed by atoms with Crippen LogP contribution in [0, 0.1) is 13.8 Å². The lowest BCUT2D eigenvalue weighted by Gasteiger charge is -2.36. The Labute approximate surface area is 101 Å². The smallest absolute Gasteiger partial charge is 0.245 e. The van der Waals surface area contributed by atoms with Crippen LogP contribution in [0.25, 0.3) is 0 Å². The summed E-state index contributed by atoms with van der Waals surface area (Å²) in [6.45, 7) is 5.32. The number of aryl methyl sites for hydroxylation is 2. The summed E-state index contributed by atoms with van der Waals surface area (Å²) in [4.78, 5) is 13.6. The van der Waals surface area contributed by atoms with Crippen molar-refractivity contribution in [1.29, 1.82) is 0 Å². The van der Waals surface area contributed by atoms with Crippen LogP contribution in [0.4, 0.5) is 5.69 Å². The number of aliphatic hydroxyl groups is 1. The molecule has 0 aliphatic carbocycles.